The molecule has 0 aromatic rings. The van der Waals surface area contributed by atoms with E-state index in [-0.39, 0.29) is 11.9 Å². The van der Waals surface area contributed by atoms with E-state index in [1.165, 1.54) is 0 Å². The summed E-state index contributed by atoms with van der Waals surface area (Å²) >= 11 is 0. The van der Waals surface area contributed by atoms with E-state index in [1.807, 2.05) is 0 Å². The van der Waals surface area contributed by atoms with Crippen LogP contribution in [0.5, 0.6) is 0 Å². The fraction of sp³-hybridized carbons (Fsp3) is 0.800. The molecule has 1 heterocycles. The number of hydrogen-bond donors (Lipinski definition) is 1. The molecule has 4 nitrogen and oxygen atoms in total. The number of nitrogens with two attached hydrogens (primary N) is 1. The second kappa shape index (κ2) is 5.88. The lowest BCUT2D eigenvalue weighted by Gasteiger charge is -2.01. The van der Waals surface area contributed by atoms with Gasteiger partial charge in [0.1, 0.15) is 6.10 Å². The van der Waals surface area contributed by atoms with Crippen molar-refractivity contribution in [2.75, 3.05) is 6.61 Å². The third-order valence-electron chi connectivity index (χ3n) is 2.28. The highest BCUT2D eigenvalue weighted by molar-refractivity contribution is 5.84. The summed E-state index contributed by atoms with van der Waals surface area (Å²) in [5, 5.41) is 0. The summed E-state index contributed by atoms with van der Waals surface area (Å²) in [6.07, 6.45) is 5.56. The third-order valence-corrected chi connectivity index (χ3v) is 2.28. The van der Waals surface area contributed by atoms with Crippen LogP contribution in [0.25, 0.3) is 0 Å². The number of carbonyl (C=O) groups excluding carboxylic acids is 2. The summed E-state index contributed by atoms with van der Waals surface area (Å²) in [6, 6.07) is -0.461. The topological polar surface area (TPSA) is 72.7 Å². The Morgan fingerprint density at radius 3 is 2.79 bits per heavy atom. The Hall–Kier alpha value is -0.740. The van der Waals surface area contributed by atoms with Crippen molar-refractivity contribution in [3.63, 3.8) is 0 Å². The summed E-state index contributed by atoms with van der Waals surface area (Å²) in [4.78, 5) is 21.2. The van der Waals surface area contributed by atoms with Crippen molar-refractivity contribution in [2.24, 2.45) is 5.73 Å². The van der Waals surface area contributed by atoms with E-state index in [9.17, 15) is 9.59 Å². The molecule has 0 amide bonds. The van der Waals surface area contributed by atoms with Crippen LogP contribution in [0.2, 0.25) is 0 Å². The van der Waals surface area contributed by atoms with Gasteiger partial charge in [0.15, 0.2) is 5.78 Å². The van der Waals surface area contributed by atoms with Crippen LogP contribution in [0.4, 0.5) is 0 Å². The van der Waals surface area contributed by atoms with Crippen LogP contribution in [-0.4, -0.2) is 30.8 Å². The molecule has 1 fully saturated rings. The summed E-state index contributed by atoms with van der Waals surface area (Å²) in [5.74, 6) is 0.205. The maximum absolute atomic E-state index is 11.1. The predicted octanol–water partition coefficient (Wildman–Crippen LogP) is 0.342. The van der Waals surface area contributed by atoms with E-state index in [1.54, 1.807) is 6.29 Å². The van der Waals surface area contributed by atoms with Crippen molar-refractivity contribution in [3.8, 4) is 0 Å². The first-order chi connectivity index (χ1) is 6.74. The first-order valence-electron chi connectivity index (χ1n) is 5.01. The molecule has 1 aliphatic heterocycles. The van der Waals surface area contributed by atoms with Gasteiger partial charge in [-0.1, -0.05) is 12.8 Å². The zero-order valence-electron chi connectivity index (χ0n) is 8.20. The van der Waals surface area contributed by atoms with Crippen LogP contribution >= 0.6 is 0 Å². The van der Waals surface area contributed by atoms with E-state index in [2.05, 4.69) is 0 Å². The molecule has 1 radical (unpaired) electrons. The lowest BCUT2D eigenvalue weighted by molar-refractivity contribution is -0.120. The van der Waals surface area contributed by atoms with Gasteiger partial charge in [-0.15, -0.1) is 0 Å². The van der Waals surface area contributed by atoms with E-state index < -0.39 is 6.04 Å². The minimum absolute atomic E-state index is 0.111. The smallest absolute Gasteiger partial charge is 0.216 e. The van der Waals surface area contributed by atoms with Crippen LogP contribution in [0.15, 0.2) is 0 Å². The van der Waals surface area contributed by atoms with E-state index >= 15 is 0 Å². The summed E-state index contributed by atoms with van der Waals surface area (Å²) in [7, 11) is 0. The average molecular weight is 198 g/mol. The molecule has 0 spiro atoms. The van der Waals surface area contributed by atoms with Gasteiger partial charge >= 0.3 is 0 Å². The Kier molecular flexibility index (Phi) is 4.76. The maximum atomic E-state index is 11.1. The van der Waals surface area contributed by atoms with Crippen LogP contribution in [0.1, 0.15) is 32.1 Å². The van der Waals surface area contributed by atoms with Gasteiger partial charge < -0.3 is 10.5 Å². The lowest BCUT2D eigenvalue weighted by atomic mass is 10.1. The standard InChI is InChI=1S/C10H16NO3/c11-8(6-12)4-2-1-3-5-9(13)10-7-14-10/h8,10H,1-5,7,11H2/t8-,10-/m0/s1. The van der Waals surface area contributed by atoms with Crippen LogP contribution in [-0.2, 0) is 14.3 Å². The van der Waals surface area contributed by atoms with Gasteiger partial charge in [-0.25, -0.2) is 0 Å². The Labute approximate surface area is 83.8 Å². The molecule has 0 aromatic carbocycles. The Morgan fingerprint density at radius 2 is 2.21 bits per heavy atom. The van der Waals surface area contributed by atoms with Gasteiger partial charge in [-0.3, -0.25) is 9.59 Å². The zero-order chi connectivity index (χ0) is 10.4. The molecule has 0 unspecified atom stereocenters. The molecule has 14 heavy (non-hydrogen) atoms. The summed E-state index contributed by atoms with van der Waals surface area (Å²) in [5.41, 5.74) is 5.36. The largest absolute Gasteiger partial charge is 0.365 e. The first-order valence-corrected chi connectivity index (χ1v) is 5.01. The number of epoxide rings is 1. The molecule has 0 saturated carbocycles. The van der Waals surface area contributed by atoms with Crippen molar-refractivity contribution < 1.29 is 14.3 Å². The highest BCUT2D eigenvalue weighted by Crippen LogP contribution is 2.14. The number of Topliss-reactive ketones (excluding diaryl/α,β-unsaturated/α-hetero) is 1. The minimum Gasteiger partial charge on any atom is -0.365 e. The van der Waals surface area contributed by atoms with Gasteiger partial charge in [0.2, 0.25) is 6.29 Å². The average Bonchev–Trinajstić information content (AvgIpc) is 2.99. The Balaban J connectivity index is 1.88. The molecule has 1 saturated heterocycles. The SMILES string of the molecule is N[C@H]([C]=O)CCCCCC(=O)[C@@H]1CO1. The fourth-order valence-corrected chi connectivity index (χ4v) is 1.29. The molecule has 0 aromatic heterocycles. The number of hydrogen-bond acceptors (Lipinski definition) is 4. The van der Waals surface area contributed by atoms with E-state index in [0.717, 1.165) is 19.3 Å². The zero-order valence-corrected chi connectivity index (χ0v) is 8.20. The van der Waals surface area contributed by atoms with E-state index in [0.29, 0.717) is 19.4 Å². The number of ether oxygens (including phenoxy) is 1. The van der Waals surface area contributed by atoms with Gasteiger partial charge in [0, 0.05) is 6.42 Å². The molecule has 1 aliphatic rings. The molecule has 1 rings (SSSR count). The van der Waals surface area contributed by atoms with Crippen molar-refractivity contribution in [1.82, 2.24) is 0 Å². The normalized spacial score (nSPS) is 21.6. The number of rotatable bonds is 8. The highest BCUT2D eigenvalue weighted by Gasteiger charge is 2.29. The van der Waals surface area contributed by atoms with Crippen molar-refractivity contribution in [3.05, 3.63) is 0 Å². The quantitative estimate of drug-likeness (QED) is 0.451. The molecule has 79 valence electrons. The summed E-state index contributed by atoms with van der Waals surface area (Å²) in [6.45, 7) is 0.601. The number of ketones is 1. The fourth-order valence-electron chi connectivity index (χ4n) is 1.29. The van der Waals surface area contributed by atoms with Crippen molar-refractivity contribution >= 4 is 12.1 Å². The van der Waals surface area contributed by atoms with Crippen LogP contribution < -0.4 is 5.73 Å². The summed E-state index contributed by atoms with van der Waals surface area (Å²) < 4.78 is 4.86. The van der Waals surface area contributed by atoms with Crippen molar-refractivity contribution in [1.29, 1.82) is 0 Å². The van der Waals surface area contributed by atoms with Crippen molar-refractivity contribution in [2.45, 2.75) is 44.2 Å². The third kappa shape index (κ3) is 4.48. The first kappa shape index (κ1) is 11.3. The van der Waals surface area contributed by atoms with Gasteiger partial charge in [0.25, 0.3) is 0 Å². The second-order valence-electron chi connectivity index (χ2n) is 3.61. The molecule has 0 bridgehead atoms. The Morgan fingerprint density at radius 1 is 1.50 bits per heavy atom. The molecule has 4 heteroatoms. The lowest BCUT2D eigenvalue weighted by Crippen LogP contribution is -2.20. The minimum atomic E-state index is -0.461. The predicted molar refractivity (Wildman–Crippen MR) is 51.5 cm³/mol. The second-order valence-corrected chi connectivity index (χ2v) is 3.61. The van der Waals surface area contributed by atoms with Crippen LogP contribution in [0.3, 0.4) is 0 Å². The Bertz CT molecular complexity index is 202. The molecular weight excluding hydrogens is 182 g/mol. The number of unbranched alkanes of at least 4 members (excludes halogenated alkanes) is 2. The van der Waals surface area contributed by atoms with Gasteiger partial charge in [-0.05, 0) is 12.8 Å². The van der Waals surface area contributed by atoms with Gasteiger partial charge in [0.05, 0.1) is 12.6 Å². The molecule has 2 N–H and O–H groups in total. The van der Waals surface area contributed by atoms with Gasteiger partial charge in [-0.2, -0.15) is 0 Å². The van der Waals surface area contributed by atoms with Crippen LogP contribution in [0, 0.1) is 0 Å². The molecular formula is C10H16NO3. The number of carbonyl (C=O) groups is 1. The monoisotopic (exact) mass is 198 g/mol. The molecule has 0 aliphatic carbocycles. The highest BCUT2D eigenvalue weighted by atomic mass is 16.6. The van der Waals surface area contributed by atoms with E-state index in [4.69, 9.17) is 10.5 Å². The molecule has 2 atom stereocenters. The maximum Gasteiger partial charge on any atom is 0.216 e.